The summed E-state index contributed by atoms with van der Waals surface area (Å²) in [5.41, 5.74) is 1.16. The molecule has 228 valence electrons. The van der Waals surface area contributed by atoms with Gasteiger partial charge >= 0.3 is 0 Å². The number of carbonyl (C=O) groups excluding carboxylic acids is 3. The summed E-state index contributed by atoms with van der Waals surface area (Å²) in [5.74, 6) is 0.892. The quantitative estimate of drug-likeness (QED) is 0.232. The summed E-state index contributed by atoms with van der Waals surface area (Å²) in [6, 6.07) is 18.9. The lowest BCUT2D eigenvalue weighted by atomic mass is 9.94. The summed E-state index contributed by atoms with van der Waals surface area (Å²) in [5, 5.41) is 6.00. The minimum Gasteiger partial charge on any atom is -0.494 e. The van der Waals surface area contributed by atoms with E-state index in [1.807, 2.05) is 50.2 Å². The van der Waals surface area contributed by atoms with Gasteiger partial charge in [0.15, 0.2) is 0 Å². The molecule has 3 aromatic rings. The van der Waals surface area contributed by atoms with Crippen LogP contribution in [0.25, 0.3) is 0 Å². The first-order valence-electron chi connectivity index (χ1n) is 15.3. The Balaban J connectivity index is 1.64. The second kappa shape index (κ2) is 16.3. The number of hydrogen-bond donors (Lipinski definition) is 2. The van der Waals surface area contributed by atoms with E-state index in [9.17, 15) is 14.4 Å². The van der Waals surface area contributed by atoms with E-state index in [1.54, 1.807) is 36.5 Å². The van der Waals surface area contributed by atoms with E-state index in [2.05, 4.69) is 15.6 Å². The molecule has 0 bridgehead atoms. The summed E-state index contributed by atoms with van der Waals surface area (Å²) >= 11 is 0. The van der Waals surface area contributed by atoms with Crippen molar-refractivity contribution < 1.29 is 23.9 Å². The van der Waals surface area contributed by atoms with Gasteiger partial charge in [-0.3, -0.25) is 19.3 Å². The molecule has 9 nitrogen and oxygen atoms in total. The van der Waals surface area contributed by atoms with Crippen LogP contribution in [0, 0.1) is 0 Å². The molecule has 2 aromatic carbocycles. The summed E-state index contributed by atoms with van der Waals surface area (Å²) in [4.78, 5) is 46.5. The van der Waals surface area contributed by atoms with Crippen LogP contribution in [0.15, 0.2) is 72.9 Å². The van der Waals surface area contributed by atoms with Gasteiger partial charge in [-0.05, 0) is 75.1 Å². The molecule has 3 amide bonds. The number of rotatable bonds is 14. The van der Waals surface area contributed by atoms with Crippen molar-refractivity contribution in [1.29, 1.82) is 0 Å². The first-order chi connectivity index (χ1) is 21.0. The van der Waals surface area contributed by atoms with Crippen LogP contribution in [0.1, 0.15) is 76.8 Å². The zero-order valence-corrected chi connectivity index (χ0v) is 25.1. The van der Waals surface area contributed by atoms with Gasteiger partial charge in [0.05, 0.1) is 18.9 Å². The number of nitrogens with zero attached hydrogens (tertiary/aromatic N) is 2. The second-order valence-electron chi connectivity index (χ2n) is 10.5. The van der Waals surface area contributed by atoms with Gasteiger partial charge in [0.1, 0.15) is 23.4 Å². The van der Waals surface area contributed by atoms with Gasteiger partial charge in [0.2, 0.25) is 17.7 Å². The van der Waals surface area contributed by atoms with Crippen molar-refractivity contribution in [1.82, 2.24) is 10.3 Å². The van der Waals surface area contributed by atoms with E-state index in [4.69, 9.17) is 9.47 Å². The molecule has 1 aliphatic rings. The zero-order valence-electron chi connectivity index (χ0n) is 25.1. The molecule has 1 aliphatic carbocycles. The number of ether oxygens (including phenoxy) is 2. The fourth-order valence-corrected chi connectivity index (χ4v) is 5.37. The monoisotopic (exact) mass is 586 g/mol. The highest BCUT2D eigenvalue weighted by Gasteiger charge is 2.35. The van der Waals surface area contributed by atoms with Gasteiger partial charge in [-0.2, -0.15) is 0 Å². The summed E-state index contributed by atoms with van der Waals surface area (Å²) < 4.78 is 11.6. The molecule has 9 heteroatoms. The average Bonchev–Trinajstić information content (AvgIpc) is 3.02. The molecule has 4 rings (SSSR count). The number of anilines is 2. The number of nitrogens with one attached hydrogen (secondary N) is 2. The Bertz CT molecular complexity index is 1330. The predicted molar refractivity (Wildman–Crippen MR) is 167 cm³/mol. The maximum Gasteiger partial charge on any atom is 0.248 e. The fraction of sp³-hybridized carbons (Fsp3) is 0.412. The smallest absolute Gasteiger partial charge is 0.248 e. The molecule has 0 unspecified atom stereocenters. The Morgan fingerprint density at radius 2 is 1.60 bits per heavy atom. The van der Waals surface area contributed by atoms with E-state index in [0.717, 1.165) is 32.1 Å². The molecule has 0 aliphatic heterocycles. The molecule has 2 N–H and O–H groups in total. The number of para-hydroxylation sites is 2. The first kappa shape index (κ1) is 31.5. The Kier molecular flexibility index (Phi) is 11.9. The van der Waals surface area contributed by atoms with Crippen LogP contribution in [-0.4, -0.2) is 42.0 Å². The van der Waals surface area contributed by atoms with Crippen molar-refractivity contribution in [2.24, 2.45) is 0 Å². The largest absolute Gasteiger partial charge is 0.494 e. The van der Waals surface area contributed by atoms with E-state index >= 15 is 0 Å². The van der Waals surface area contributed by atoms with Gasteiger partial charge in [0.25, 0.3) is 0 Å². The van der Waals surface area contributed by atoms with Gasteiger partial charge in [0, 0.05) is 25.1 Å². The number of aromatic nitrogens is 1. The number of hydrogen-bond acceptors (Lipinski definition) is 6. The highest BCUT2D eigenvalue weighted by Crippen LogP contribution is 2.36. The van der Waals surface area contributed by atoms with Crippen molar-refractivity contribution in [2.45, 2.75) is 77.3 Å². The molecular weight excluding hydrogens is 544 g/mol. The van der Waals surface area contributed by atoms with Crippen LogP contribution in [0.4, 0.5) is 11.5 Å². The standard InChI is InChI=1S/C34H42N4O5/c1-3-42-27-22-20-25(21-23-27)33(34(41)36-26-13-6-5-7-14-26)38(28-15-8-9-16-29(28)43-4-2)32(40)19-12-18-31(39)37-30-17-10-11-24-35-30/h8-11,15-17,20-24,26,33H,3-7,12-14,18-19H2,1-2H3,(H,36,41)(H,35,37,39)/t33-/m1/s1. The molecule has 1 saturated carbocycles. The van der Waals surface area contributed by atoms with Crippen molar-refractivity contribution in [2.75, 3.05) is 23.4 Å². The maximum absolute atomic E-state index is 14.1. The number of carbonyl (C=O) groups is 3. The van der Waals surface area contributed by atoms with Crippen LogP contribution in [-0.2, 0) is 14.4 Å². The summed E-state index contributed by atoms with van der Waals surface area (Å²) in [7, 11) is 0. The van der Waals surface area contributed by atoms with Crippen LogP contribution < -0.4 is 25.0 Å². The second-order valence-corrected chi connectivity index (χ2v) is 10.5. The number of benzene rings is 2. The van der Waals surface area contributed by atoms with Crippen LogP contribution in [0.5, 0.6) is 11.5 Å². The predicted octanol–water partition coefficient (Wildman–Crippen LogP) is 6.21. The molecular formula is C34H42N4O5. The third kappa shape index (κ3) is 9.04. The summed E-state index contributed by atoms with van der Waals surface area (Å²) in [6.07, 6.45) is 7.20. The summed E-state index contributed by atoms with van der Waals surface area (Å²) in [6.45, 7) is 4.71. The van der Waals surface area contributed by atoms with Crippen molar-refractivity contribution >= 4 is 29.2 Å². The Hall–Kier alpha value is -4.40. The molecule has 0 spiro atoms. The van der Waals surface area contributed by atoms with E-state index in [-0.39, 0.29) is 36.6 Å². The molecule has 0 saturated heterocycles. The average molecular weight is 587 g/mol. The van der Waals surface area contributed by atoms with Crippen molar-refractivity contribution in [3.05, 3.63) is 78.5 Å². The van der Waals surface area contributed by atoms with Crippen LogP contribution in [0.2, 0.25) is 0 Å². The van der Waals surface area contributed by atoms with E-state index < -0.39 is 6.04 Å². The topological polar surface area (TPSA) is 110 Å². The minimum absolute atomic E-state index is 0.0559. The van der Waals surface area contributed by atoms with Crippen LogP contribution >= 0.6 is 0 Å². The third-order valence-corrected chi connectivity index (χ3v) is 7.39. The van der Waals surface area contributed by atoms with Crippen molar-refractivity contribution in [3.63, 3.8) is 0 Å². The van der Waals surface area contributed by atoms with Crippen molar-refractivity contribution in [3.8, 4) is 11.5 Å². The van der Waals surface area contributed by atoms with Gasteiger partial charge in [-0.15, -0.1) is 0 Å². The molecule has 1 heterocycles. The minimum atomic E-state index is -0.950. The van der Waals surface area contributed by atoms with Gasteiger partial charge in [-0.1, -0.05) is 49.6 Å². The van der Waals surface area contributed by atoms with E-state index in [1.165, 1.54) is 4.90 Å². The Morgan fingerprint density at radius 1 is 0.884 bits per heavy atom. The maximum atomic E-state index is 14.1. The molecule has 1 atom stereocenters. The van der Waals surface area contributed by atoms with Gasteiger partial charge in [-0.25, -0.2) is 4.98 Å². The Labute approximate surface area is 254 Å². The molecule has 0 radical (unpaired) electrons. The highest BCUT2D eigenvalue weighted by atomic mass is 16.5. The van der Waals surface area contributed by atoms with E-state index in [0.29, 0.717) is 48.2 Å². The fourth-order valence-electron chi connectivity index (χ4n) is 5.37. The highest BCUT2D eigenvalue weighted by molar-refractivity contribution is 6.02. The molecule has 1 aromatic heterocycles. The number of amides is 3. The normalized spacial score (nSPS) is 13.9. The van der Waals surface area contributed by atoms with Gasteiger partial charge < -0.3 is 20.1 Å². The third-order valence-electron chi connectivity index (χ3n) is 7.39. The first-order valence-corrected chi connectivity index (χ1v) is 15.3. The lowest BCUT2D eigenvalue weighted by Crippen LogP contribution is -2.47. The lowest BCUT2D eigenvalue weighted by molar-refractivity contribution is -0.127. The van der Waals surface area contributed by atoms with Crippen LogP contribution in [0.3, 0.4) is 0 Å². The number of pyridine rings is 1. The Morgan fingerprint density at radius 3 is 2.30 bits per heavy atom. The zero-order chi connectivity index (χ0) is 30.4. The molecule has 43 heavy (non-hydrogen) atoms. The SMILES string of the molecule is CCOc1ccc([C@H](C(=O)NC2CCCCC2)N(C(=O)CCCC(=O)Nc2ccccn2)c2ccccc2OCC)cc1. The molecule has 1 fully saturated rings. The lowest BCUT2D eigenvalue weighted by Gasteiger charge is -2.34.